The molecule has 1 aromatic heterocycles. The van der Waals surface area contributed by atoms with E-state index in [1.165, 1.54) is 7.11 Å². The van der Waals surface area contributed by atoms with Crippen molar-refractivity contribution in [2.24, 2.45) is 0 Å². The van der Waals surface area contributed by atoms with E-state index in [4.69, 9.17) is 21.6 Å². The molecule has 72 valence electrons. The lowest BCUT2D eigenvalue weighted by Gasteiger charge is -2.01. The minimum absolute atomic E-state index is 0.138. The van der Waals surface area contributed by atoms with Gasteiger partial charge in [0.1, 0.15) is 0 Å². The number of nitriles is 1. The van der Waals surface area contributed by atoms with Gasteiger partial charge in [-0.2, -0.15) is 10.2 Å². The quantitative estimate of drug-likeness (QED) is 0.715. The fourth-order valence-corrected chi connectivity index (χ4v) is 0.997. The minimum Gasteiger partial charge on any atom is -0.480 e. The SMILES string of the molecule is COc1nc(Cl)ncc1C=CCC#N. The molecule has 0 fully saturated rings. The van der Waals surface area contributed by atoms with Crippen LogP contribution in [0.25, 0.3) is 6.08 Å². The van der Waals surface area contributed by atoms with E-state index < -0.39 is 0 Å². The van der Waals surface area contributed by atoms with Crippen LogP contribution in [0.4, 0.5) is 0 Å². The van der Waals surface area contributed by atoms with Gasteiger partial charge in [0.05, 0.1) is 25.2 Å². The summed E-state index contributed by atoms with van der Waals surface area (Å²) in [4.78, 5) is 7.67. The maximum atomic E-state index is 8.33. The molecule has 0 bridgehead atoms. The molecule has 0 N–H and O–H groups in total. The summed E-state index contributed by atoms with van der Waals surface area (Å²) >= 11 is 5.58. The second-order valence-corrected chi connectivity index (χ2v) is 2.71. The third-order valence-corrected chi connectivity index (χ3v) is 1.63. The molecule has 0 aliphatic rings. The van der Waals surface area contributed by atoms with Gasteiger partial charge in [-0.15, -0.1) is 0 Å². The first-order valence-electron chi connectivity index (χ1n) is 3.88. The van der Waals surface area contributed by atoms with E-state index in [9.17, 15) is 0 Å². The Morgan fingerprint density at radius 2 is 2.50 bits per heavy atom. The van der Waals surface area contributed by atoms with Gasteiger partial charge in [0.2, 0.25) is 11.2 Å². The van der Waals surface area contributed by atoms with Crippen LogP contribution in [0.2, 0.25) is 5.28 Å². The normalized spacial score (nSPS) is 10.1. The average Bonchev–Trinajstić information content (AvgIpc) is 2.20. The number of nitrogens with zero attached hydrogens (tertiary/aromatic N) is 3. The van der Waals surface area contributed by atoms with Gasteiger partial charge >= 0.3 is 0 Å². The Labute approximate surface area is 86.8 Å². The van der Waals surface area contributed by atoms with Gasteiger partial charge in [0, 0.05) is 6.20 Å². The first kappa shape index (κ1) is 10.5. The molecule has 1 heterocycles. The molecule has 0 unspecified atom stereocenters. The average molecular weight is 210 g/mol. The number of aromatic nitrogens is 2. The maximum Gasteiger partial charge on any atom is 0.225 e. The molecule has 0 aromatic carbocycles. The van der Waals surface area contributed by atoms with Crippen molar-refractivity contribution in [1.82, 2.24) is 9.97 Å². The van der Waals surface area contributed by atoms with Crippen LogP contribution in [0.5, 0.6) is 5.88 Å². The van der Waals surface area contributed by atoms with E-state index in [0.29, 0.717) is 17.9 Å². The smallest absolute Gasteiger partial charge is 0.225 e. The summed E-state index contributed by atoms with van der Waals surface area (Å²) in [7, 11) is 1.50. The lowest BCUT2D eigenvalue weighted by Crippen LogP contribution is -1.93. The molecule has 0 spiro atoms. The first-order valence-corrected chi connectivity index (χ1v) is 4.25. The summed E-state index contributed by atoms with van der Waals surface area (Å²) in [5, 5.41) is 8.47. The van der Waals surface area contributed by atoms with Gasteiger partial charge in [-0.05, 0) is 11.6 Å². The lowest BCUT2D eigenvalue weighted by molar-refractivity contribution is 0.396. The molecule has 1 rings (SSSR count). The fourth-order valence-electron chi connectivity index (χ4n) is 0.872. The first-order chi connectivity index (χ1) is 6.77. The van der Waals surface area contributed by atoms with E-state index in [1.807, 2.05) is 6.07 Å². The van der Waals surface area contributed by atoms with E-state index in [-0.39, 0.29) is 5.28 Å². The van der Waals surface area contributed by atoms with Crippen LogP contribution in [0.1, 0.15) is 12.0 Å². The Hall–Kier alpha value is -1.60. The van der Waals surface area contributed by atoms with Gasteiger partial charge in [0.15, 0.2) is 0 Å². The van der Waals surface area contributed by atoms with E-state index in [1.54, 1.807) is 18.3 Å². The minimum atomic E-state index is 0.138. The van der Waals surface area contributed by atoms with Crippen LogP contribution in [0.3, 0.4) is 0 Å². The molecular formula is C9H8ClN3O. The van der Waals surface area contributed by atoms with Gasteiger partial charge in [-0.3, -0.25) is 0 Å². The van der Waals surface area contributed by atoms with Crippen LogP contribution in [0, 0.1) is 11.3 Å². The van der Waals surface area contributed by atoms with Crippen molar-refractivity contribution in [3.63, 3.8) is 0 Å². The molecule has 0 saturated heterocycles. The van der Waals surface area contributed by atoms with E-state index >= 15 is 0 Å². The topological polar surface area (TPSA) is 58.8 Å². The highest BCUT2D eigenvalue weighted by molar-refractivity contribution is 6.28. The third kappa shape index (κ3) is 2.71. The Morgan fingerprint density at radius 1 is 1.71 bits per heavy atom. The highest BCUT2D eigenvalue weighted by Gasteiger charge is 2.02. The summed E-state index contributed by atoms with van der Waals surface area (Å²) in [5.41, 5.74) is 0.701. The van der Waals surface area contributed by atoms with Crippen molar-refractivity contribution in [3.05, 3.63) is 23.1 Å². The van der Waals surface area contributed by atoms with Gasteiger partial charge in [-0.1, -0.05) is 12.2 Å². The standard InChI is InChI=1S/C9H8ClN3O/c1-14-8-7(4-2-3-5-11)6-12-9(10)13-8/h2,4,6H,3H2,1H3. The summed E-state index contributed by atoms with van der Waals surface area (Å²) in [6, 6.07) is 1.99. The molecular weight excluding hydrogens is 202 g/mol. The predicted molar refractivity (Wildman–Crippen MR) is 52.9 cm³/mol. The zero-order valence-corrected chi connectivity index (χ0v) is 8.32. The van der Waals surface area contributed by atoms with Crippen LogP contribution >= 0.6 is 11.6 Å². The largest absolute Gasteiger partial charge is 0.480 e. The molecule has 5 heteroatoms. The molecule has 4 nitrogen and oxygen atoms in total. The zero-order chi connectivity index (χ0) is 10.4. The second kappa shape index (κ2) is 5.20. The molecule has 0 saturated carbocycles. The molecule has 0 radical (unpaired) electrons. The van der Waals surface area contributed by atoms with Crippen molar-refractivity contribution in [1.29, 1.82) is 5.26 Å². The van der Waals surface area contributed by atoms with Crippen LogP contribution in [-0.2, 0) is 0 Å². The van der Waals surface area contributed by atoms with Gasteiger partial charge in [-0.25, -0.2) is 4.98 Å². The number of methoxy groups -OCH3 is 1. The van der Waals surface area contributed by atoms with E-state index in [0.717, 1.165) is 0 Å². The summed E-state index contributed by atoms with van der Waals surface area (Å²) in [5.74, 6) is 0.402. The second-order valence-electron chi connectivity index (χ2n) is 2.37. The van der Waals surface area contributed by atoms with Crippen molar-refractivity contribution in [3.8, 4) is 11.9 Å². The molecule has 0 amide bonds. The number of rotatable bonds is 3. The van der Waals surface area contributed by atoms with Gasteiger partial charge < -0.3 is 4.74 Å². The van der Waals surface area contributed by atoms with Crippen LogP contribution in [-0.4, -0.2) is 17.1 Å². The fraction of sp³-hybridized carbons (Fsp3) is 0.222. The molecule has 1 aromatic rings. The van der Waals surface area contributed by atoms with Crippen molar-refractivity contribution in [2.45, 2.75) is 6.42 Å². The highest BCUT2D eigenvalue weighted by Crippen LogP contribution is 2.17. The zero-order valence-electron chi connectivity index (χ0n) is 7.57. The number of hydrogen-bond acceptors (Lipinski definition) is 4. The van der Waals surface area contributed by atoms with Crippen molar-refractivity contribution >= 4 is 17.7 Å². The highest BCUT2D eigenvalue weighted by atomic mass is 35.5. The monoisotopic (exact) mass is 209 g/mol. The third-order valence-electron chi connectivity index (χ3n) is 1.45. The van der Waals surface area contributed by atoms with Crippen LogP contribution < -0.4 is 4.74 Å². The summed E-state index contributed by atoms with van der Waals surface area (Å²) < 4.78 is 4.99. The Kier molecular flexibility index (Phi) is 3.89. The number of hydrogen-bond donors (Lipinski definition) is 0. The van der Waals surface area contributed by atoms with Crippen molar-refractivity contribution < 1.29 is 4.74 Å². The number of halogens is 1. The lowest BCUT2D eigenvalue weighted by atomic mass is 10.3. The molecule has 0 aliphatic carbocycles. The Balaban J connectivity index is 2.92. The predicted octanol–water partition coefficient (Wildman–Crippen LogP) is 2.07. The Morgan fingerprint density at radius 3 is 3.14 bits per heavy atom. The van der Waals surface area contributed by atoms with Crippen LogP contribution in [0.15, 0.2) is 12.3 Å². The molecule has 0 atom stereocenters. The van der Waals surface area contributed by atoms with Crippen molar-refractivity contribution in [2.75, 3.05) is 7.11 Å². The van der Waals surface area contributed by atoms with Gasteiger partial charge in [0.25, 0.3) is 0 Å². The number of ether oxygens (including phenoxy) is 1. The summed E-state index contributed by atoms with van der Waals surface area (Å²) in [6.45, 7) is 0. The molecule has 14 heavy (non-hydrogen) atoms. The van der Waals surface area contributed by atoms with E-state index in [2.05, 4.69) is 9.97 Å². The maximum absolute atomic E-state index is 8.33. The Bertz CT molecular complexity index is 384. The number of allylic oxidation sites excluding steroid dienone is 1. The molecule has 0 aliphatic heterocycles. The summed E-state index contributed by atoms with van der Waals surface area (Å²) in [6.07, 6.45) is 5.31.